The molecule has 0 radical (unpaired) electrons. The van der Waals surface area contributed by atoms with Gasteiger partial charge in [0.05, 0.1) is 69.6 Å². The number of fused-ring (bicyclic) bond motifs is 2. The number of aromatic amines is 1. The van der Waals surface area contributed by atoms with Crippen LogP contribution >= 0.6 is 12.4 Å². The predicted molar refractivity (Wildman–Crippen MR) is 193 cm³/mol. The Labute approximate surface area is 300 Å². The zero-order valence-corrected chi connectivity index (χ0v) is 28.6. The minimum absolute atomic E-state index is 0. The van der Waals surface area contributed by atoms with Crippen molar-refractivity contribution in [1.82, 2.24) is 20.8 Å². The Balaban J connectivity index is 0.00000504. The van der Waals surface area contributed by atoms with Crippen LogP contribution in [-0.4, -0.2) is 53.1 Å². The quantitative estimate of drug-likeness (QED) is 0.215. The third-order valence-corrected chi connectivity index (χ3v) is 9.02. The van der Waals surface area contributed by atoms with Crippen molar-refractivity contribution < 1.29 is 14.4 Å². The summed E-state index contributed by atoms with van der Waals surface area (Å²) in [6.45, 7) is 3.31. The number of H-pyrrole nitrogens is 1. The van der Waals surface area contributed by atoms with Gasteiger partial charge in [0.1, 0.15) is 12.1 Å². The topological polar surface area (TPSA) is 182 Å². The summed E-state index contributed by atoms with van der Waals surface area (Å²) in [5, 5.41) is 43.7. The van der Waals surface area contributed by atoms with Gasteiger partial charge < -0.3 is 15.5 Å². The number of benzene rings is 4. The fraction of sp³-hybridized carbons (Fsp3) is 0.184. The van der Waals surface area contributed by atoms with E-state index in [9.17, 15) is 25.4 Å². The van der Waals surface area contributed by atoms with Gasteiger partial charge in [0, 0.05) is 10.9 Å². The van der Waals surface area contributed by atoms with Crippen molar-refractivity contribution in [2.45, 2.75) is 38.0 Å². The van der Waals surface area contributed by atoms with Crippen molar-refractivity contribution in [1.29, 1.82) is 15.8 Å². The molecule has 1 aromatic heterocycles. The first kappa shape index (κ1) is 35.8. The number of hydrogen-bond acceptors (Lipinski definition) is 8. The molecule has 3 amide bonds. The molecular weight excluding hydrogens is 666 g/mol. The lowest BCUT2D eigenvalue weighted by Gasteiger charge is -2.34. The number of anilines is 2. The lowest BCUT2D eigenvalue weighted by atomic mass is 9.93. The number of halogens is 1. The zero-order chi connectivity index (χ0) is 35.5. The molecule has 0 bridgehead atoms. The lowest BCUT2D eigenvalue weighted by molar-refractivity contribution is -0.129. The van der Waals surface area contributed by atoms with Gasteiger partial charge in [-0.15, -0.1) is 12.4 Å². The van der Waals surface area contributed by atoms with Crippen LogP contribution in [0.2, 0.25) is 0 Å². The van der Waals surface area contributed by atoms with E-state index in [4.69, 9.17) is 0 Å². The van der Waals surface area contributed by atoms with Crippen LogP contribution in [-0.2, 0) is 9.59 Å². The second-order valence-electron chi connectivity index (χ2n) is 11.9. The number of amides is 3. The molecular formula is C38H32ClN9O3. The van der Waals surface area contributed by atoms with E-state index in [1.54, 1.807) is 57.3 Å². The van der Waals surface area contributed by atoms with E-state index < -0.39 is 41.9 Å². The third-order valence-electron chi connectivity index (χ3n) is 9.02. The van der Waals surface area contributed by atoms with Gasteiger partial charge >= 0.3 is 0 Å². The minimum Gasteiger partial charge on any atom is -0.341 e. The molecule has 4 aromatic carbocycles. The van der Waals surface area contributed by atoms with E-state index >= 15 is 4.79 Å². The van der Waals surface area contributed by atoms with E-state index in [1.807, 2.05) is 30.3 Å². The summed E-state index contributed by atoms with van der Waals surface area (Å²) in [5.41, 5.74) is 3.21. The Morgan fingerprint density at radius 3 is 2.24 bits per heavy atom. The summed E-state index contributed by atoms with van der Waals surface area (Å²) >= 11 is 0. The van der Waals surface area contributed by atoms with E-state index in [1.165, 1.54) is 40.1 Å². The van der Waals surface area contributed by atoms with E-state index in [-0.39, 0.29) is 34.9 Å². The molecule has 4 atom stereocenters. The van der Waals surface area contributed by atoms with Gasteiger partial charge in [0.2, 0.25) is 5.91 Å². The number of carbonyl (C=O) groups excluding carboxylic acids is 3. The van der Waals surface area contributed by atoms with Crippen LogP contribution in [0.5, 0.6) is 0 Å². The summed E-state index contributed by atoms with van der Waals surface area (Å²) in [6.07, 6.45) is 0. The first-order chi connectivity index (χ1) is 24.2. The Morgan fingerprint density at radius 2 is 1.55 bits per heavy atom. The molecule has 3 N–H and O–H groups in total. The number of rotatable bonds is 7. The van der Waals surface area contributed by atoms with E-state index in [0.717, 1.165) is 0 Å². The lowest BCUT2D eigenvalue weighted by Crippen LogP contribution is -2.60. The van der Waals surface area contributed by atoms with Gasteiger partial charge in [-0.1, -0.05) is 36.4 Å². The smallest absolute Gasteiger partial charge is 0.258 e. The minimum atomic E-state index is -1.30. The highest BCUT2D eigenvalue weighted by Crippen LogP contribution is 2.44. The van der Waals surface area contributed by atoms with Crippen LogP contribution in [0, 0.1) is 34.0 Å². The fourth-order valence-electron chi connectivity index (χ4n) is 6.26. The number of para-hydroxylation sites is 1. The van der Waals surface area contributed by atoms with E-state index in [0.29, 0.717) is 33.3 Å². The van der Waals surface area contributed by atoms with Gasteiger partial charge in [-0.25, -0.2) is 0 Å². The second-order valence-corrected chi connectivity index (χ2v) is 11.9. The Hall–Kier alpha value is -6.52. The van der Waals surface area contributed by atoms with Crippen molar-refractivity contribution in [3.63, 3.8) is 0 Å². The zero-order valence-electron chi connectivity index (χ0n) is 27.8. The molecule has 51 heavy (non-hydrogen) atoms. The first-order valence-electron chi connectivity index (χ1n) is 15.8. The van der Waals surface area contributed by atoms with Crippen molar-refractivity contribution in [3.8, 4) is 18.2 Å². The summed E-state index contributed by atoms with van der Waals surface area (Å²) in [7, 11) is 1.62. The average Bonchev–Trinajstić information content (AvgIpc) is 3.56. The van der Waals surface area contributed by atoms with Crippen LogP contribution in [0.1, 0.15) is 58.2 Å². The van der Waals surface area contributed by atoms with Gasteiger partial charge in [-0.2, -0.15) is 20.9 Å². The summed E-state index contributed by atoms with van der Waals surface area (Å²) in [6, 6.07) is 27.5. The normalized spacial score (nSPS) is 16.4. The number of carbonyl (C=O) groups is 3. The molecule has 1 unspecified atom stereocenters. The number of nitriles is 3. The molecule has 0 saturated heterocycles. The maximum atomic E-state index is 15.3. The highest BCUT2D eigenvalue weighted by Gasteiger charge is 2.46. The number of hydrogen-bond donors (Lipinski definition) is 3. The summed E-state index contributed by atoms with van der Waals surface area (Å²) in [4.78, 5) is 46.2. The number of nitrogens with one attached hydrogen (secondary N) is 3. The van der Waals surface area contributed by atoms with Gasteiger partial charge in [0.25, 0.3) is 11.8 Å². The maximum Gasteiger partial charge on any atom is 0.258 e. The highest BCUT2D eigenvalue weighted by atomic mass is 35.5. The van der Waals surface area contributed by atoms with Gasteiger partial charge in [-0.05, 0) is 81.1 Å². The Kier molecular flexibility index (Phi) is 10.5. The SMILES string of the molecule is CNC(C)C(=O)N[C@@H]1C(=O)N([C@@H](c2ccccc2C#N)c2[nH]nc3ccccc23)c2ccc(C#N)cc2N(C(=O)c2ccc(C#N)cc2)[C@H]1C.Cl. The van der Waals surface area contributed by atoms with Crippen LogP contribution < -0.4 is 20.4 Å². The number of aromatic nitrogens is 2. The highest BCUT2D eigenvalue weighted by molar-refractivity contribution is 6.14. The van der Waals surface area contributed by atoms with Crippen LogP contribution in [0.15, 0.2) is 91.0 Å². The van der Waals surface area contributed by atoms with Crippen LogP contribution in [0.3, 0.4) is 0 Å². The standard InChI is InChI=1S/C38H31N9O3.ClH/c1-22(42-3)36(48)43-33-23(2)46(37(49)26-15-12-24(19-39)13-16-26)32-18-25(20-40)14-17-31(32)47(38(33)50)35(28-9-5-4-8-27(28)21-41)34-29-10-6-7-11-30(29)44-45-34;/h4-18,22-23,33,35,42H,1-3H3,(H,43,48)(H,44,45);1H/t22?,23-,33-,35-;/m0./s1. The number of nitrogens with zero attached hydrogens (tertiary/aromatic N) is 6. The van der Waals surface area contributed by atoms with Crippen LogP contribution in [0.25, 0.3) is 10.9 Å². The summed E-state index contributed by atoms with van der Waals surface area (Å²) in [5.74, 6) is -1.56. The fourth-order valence-corrected chi connectivity index (χ4v) is 6.26. The molecule has 1 aliphatic rings. The third kappa shape index (κ3) is 6.48. The molecule has 5 aromatic rings. The molecule has 0 spiro atoms. The first-order valence-corrected chi connectivity index (χ1v) is 15.8. The molecule has 2 heterocycles. The molecule has 254 valence electrons. The second kappa shape index (κ2) is 14.9. The van der Waals surface area contributed by atoms with Gasteiger partial charge in [0.15, 0.2) is 0 Å². The molecule has 0 saturated carbocycles. The van der Waals surface area contributed by atoms with Crippen molar-refractivity contribution in [3.05, 3.63) is 125 Å². The number of likely N-dealkylation sites (N-methyl/N-ethyl adjacent to an activating group) is 1. The molecule has 1 aliphatic heterocycles. The molecule has 12 nitrogen and oxygen atoms in total. The Morgan fingerprint density at radius 1 is 0.882 bits per heavy atom. The summed E-state index contributed by atoms with van der Waals surface area (Å²) < 4.78 is 0. The van der Waals surface area contributed by atoms with Gasteiger partial charge in [-0.3, -0.25) is 24.4 Å². The Bertz CT molecular complexity index is 2270. The van der Waals surface area contributed by atoms with Crippen molar-refractivity contribution >= 4 is 52.4 Å². The molecule has 0 aliphatic carbocycles. The largest absolute Gasteiger partial charge is 0.341 e. The predicted octanol–water partition coefficient (Wildman–Crippen LogP) is 4.86. The van der Waals surface area contributed by atoms with E-state index in [2.05, 4.69) is 33.0 Å². The molecule has 6 rings (SSSR count). The van der Waals surface area contributed by atoms with Crippen molar-refractivity contribution in [2.24, 2.45) is 0 Å². The van der Waals surface area contributed by atoms with Crippen LogP contribution in [0.4, 0.5) is 11.4 Å². The van der Waals surface area contributed by atoms with Crippen molar-refractivity contribution in [2.75, 3.05) is 16.8 Å². The maximum absolute atomic E-state index is 15.3. The average molecular weight is 698 g/mol. The molecule has 13 heteroatoms. The monoisotopic (exact) mass is 697 g/mol. The molecule has 0 fully saturated rings.